The second-order valence-corrected chi connectivity index (χ2v) is 6.42. The van der Waals surface area contributed by atoms with Crippen molar-refractivity contribution in [2.75, 3.05) is 11.9 Å². The van der Waals surface area contributed by atoms with Gasteiger partial charge in [0.05, 0.1) is 13.1 Å². The average Bonchev–Trinajstić information content (AvgIpc) is 2.70. The van der Waals surface area contributed by atoms with Crippen molar-refractivity contribution in [3.8, 4) is 0 Å². The minimum atomic E-state index is -0.535. The summed E-state index contributed by atoms with van der Waals surface area (Å²) >= 11 is 0. The van der Waals surface area contributed by atoms with Gasteiger partial charge < -0.3 is 5.32 Å². The van der Waals surface area contributed by atoms with E-state index in [2.05, 4.69) is 17.2 Å². The molecule has 0 saturated heterocycles. The fourth-order valence-electron chi connectivity index (χ4n) is 2.85. The molecule has 0 fully saturated rings. The number of rotatable bonds is 8. The first-order valence-corrected chi connectivity index (χ1v) is 9.22. The minimum Gasteiger partial charge on any atom is -0.355 e. The number of unbranched alkanes of at least 4 members (excludes halogenated alkanes) is 1. The third-order valence-corrected chi connectivity index (χ3v) is 4.33. The molecule has 0 aliphatic rings. The Bertz CT molecular complexity index is 979. The highest BCUT2D eigenvalue weighted by atomic mass is 16.2. The summed E-state index contributed by atoms with van der Waals surface area (Å²) in [7, 11) is 0. The van der Waals surface area contributed by atoms with E-state index in [0.717, 1.165) is 24.0 Å². The summed E-state index contributed by atoms with van der Waals surface area (Å²) in [6, 6.07) is 19.1. The fourth-order valence-corrected chi connectivity index (χ4v) is 2.85. The first-order valence-electron chi connectivity index (χ1n) is 9.22. The van der Waals surface area contributed by atoms with E-state index < -0.39 is 5.69 Å². The molecule has 1 heterocycles. The zero-order valence-electron chi connectivity index (χ0n) is 15.5. The molecule has 140 valence electrons. The van der Waals surface area contributed by atoms with Gasteiger partial charge in [0.2, 0.25) is 5.95 Å². The molecule has 1 N–H and O–H groups in total. The maximum atomic E-state index is 13.1. The van der Waals surface area contributed by atoms with E-state index in [-0.39, 0.29) is 12.2 Å². The molecule has 6 nitrogen and oxygen atoms in total. The molecule has 6 heteroatoms. The molecule has 0 amide bonds. The number of hydrogen-bond donors (Lipinski definition) is 1. The van der Waals surface area contributed by atoms with Crippen molar-refractivity contribution in [1.29, 1.82) is 0 Å². The zero-order chi connectivity index (χ0) is 19.1. The Morgan fingerprint density at radius 1 is 0.852 bits per heavy atom. The molecule has 3 rings (SSSR count). The van der Waals surface area contributed by atoms with Crippen LogP contribution >= 0.6 is 0 Å². The van der Waals surface area contributed by atoms with Crippen molar-refractivity contribution in [1.82, 2.24) is 14.1 Å². The monoisotopic (exact) mass is 364 g/mol. The molecule has 0 radical (unpaired) electrons. The molecular weight excluding hydrogens is 340 g/mol. The van der Waals surface area contributed by atoms with Crippen LogP contribution in [0.4, 0.5) is 5.95 Å². The Balaban J connectivity index is 2.01. The number of aromatic nitrogens is 3. The summed E-state index contributed by atoms with van der Waals surface area (Å²) in [6.07, 6.45) is 1.95. The Kier molecular flexibility index (Phi) is 6.20. The number of hydrogen-bond acceptors (Lipinski definition) is 4. The van der Waals surface area contributed by atoms with Gasteiger partial charge in [-0.1, -0.05) is 74.0 Å². The van der Waals surface area contributed by atoms with Crippen LogP contribution in [0.1, 0.15) is 30.9 Å². The normalized spacial score (nSPS) is 10.7. The maximum absolute atomic E-state index is 13.1. The lowest BCUT2D eigenvalue weighted by Crippen LogP contribution is -2.43. The van der Waals surface area contributed by atoms with E-state index in [1.54, 1.807) is 0 Å². The summed E-state index contributed by atoms with van der Waals surface area (Å²) in [4.78, 5) is 29.8. The van der Waals surface area contributed by atoms with E-state index in [9.17, 15) is 9.59 Å². The van der Waals surface area contributed by atoms with Gasteiger partial charge in [0, 0.05) is 6.54 Å². The first-order chi connectivity index (χ1) is 13.2. The standard InChI is InChI=1S/C21H24N4O2/c1-2-3-14-22-19-23-20(26)25(16-18-12-8-5-9-13-18)21(27)24(19)15-17-10-6-4-7-11-17/h4-13H,2-3,14-16H2,1H3,(H,22,23,26). The number of anilines is 1. The topological polar surface area (TPSA) is 68.9 Å². The van der Waals surface area contributed by atoms with Crippen LogP contribution in [0.5, 0.6) is 0 Å². The van der Waals surface area contributed by atoms with Crippen LogP contribution in [0, 0.1) is 0 Å². The summed E-state index contributed by atoms with van der Waals surface area (Å²) in [5.74, 6) is 0.326. The molecule has 0 saturated carbocycles. The lowest BCUT2D eigenvalue weighted by atomic mass is 10.2. The molecule has 0 atom stereocenters. The van der Waals surface area contributed by atoms with E-state index in [0.29, 0.717) is 19.0 Å². The number of nitrogens with zero attached hydrogens (tertiary/aromatic N) is 3. The lowest BCUT2D eigenvalue weighted by molar-refractivity contribution is 0.585. The molecule has 0 aliphatic heterocycles. The van der Waals surface area contributed by atoms with Gasteiger partial charge in [-0.3, -0.25) is 4.57 Å². The van der Waals surface area contributed by atoms with Crippen LogP contribution < -0.4 is 16.7 Å². The number of nitrogens with one attached hydrogen (secondary N) is 1. The van der Waals surface area contributed by atoms with Gasteiger partial charge in [-0.25, -0.2) is 14.2 Å². The highest BCUT2D eigenvalue weighted by Gasteiger charge is 2.13. The summed E-state index contributed by atoms with van der Waals surface area (Å²) < 4.78 is 2.72. The number of benzene rings is 2. The first kappa shape index (κ1) is 18.6. The smallest absolute Gasteiger partial charge is 0.355 e. The Labute approximate surface area is 158 Å². The van der Waals surface area contributed by atoms with Crippen LogP contribution in [0.3, 0.4) is 0 Å². The lowest BCUT2D eigenvalue weighted by Gasteiger charge is -2.15. The Morgan fingerprint density at radius 3 is 1.96 bits per heavy atom. The van der Waals surface area contributed by atoms with E-state index in [1.807, 2.05) is 60.7 Å². The highest BCUT2D eigenvalue weighted by Crippen LogP contribution is 2.06. The van der Waals surface area contributed by atoms with Crippen LogP contribution in [0.25, 0.3) is 0 Å². The molecule has 2 aromatic carbocycles. The second-order valence-electron chi connectivity index (χ2n) is 6.42. The van der Waals surface area contributed by atoms with Crippen molar-refractivity contribution in [2.45, 2.75) is 32.9 Å². The second kappa shape index (κ2) is 8.98. The SMILES string of the molecule is CCCCNc1nc(=O)n(Cc2ccccc2)c(=O)n1Cc1ccccc1. The predicted octanol–water partition coefficient (Wildman–Crippen LogP) is 2.71. The molecule has 1 aromatic heterocycles. The molecule has 3 aromatic rings. The van der Waals surface area contributed by atoms with Crippen LogP contribution in [-0.4, -0.2) is 20.7 Å². The van der Waals surface area contributed by atoms with Crippen molar-refractivity contribution in [3.05, 3.63) is 92.8 Å². The molecule has 0 spiro atoms. The maximum Gasteiger partial charge on any atom is 0.355 e. The third kappa shape index (κ3) is 4.73. The van der Waals surface area contributed by atoms with Gasteiger partial charge in [0.15, 0.2) is 0 Å². The highest BCUT2D eigenvalue weighted by molar-refractivity contribution is 5.27. The van der Waals surface area contributed by atoms with Crippen LogP contribution in [-0.2, 0) is 13.1 Å². The van der Waals surface area contributed by atoms with Crippen LogP contribution in [0.15, 0.2) is 70.3 Å². The van der Waals surface area contributed by atoms with Crippen molar-refractivity contribution in [2.24, 2.45) is 0 Å². The van der Waals surface area contributed by atoms with Gasteiger partial charge in [-0.2, -0.15) is 4.98 Å². The molecule has 27 heavy (non-hydrogen) atoms. The minimum absolute atomic E-state index is 0.204. The Morgan fingerprint density at radius 2 is 1.41 bits per heavy atom. The van der Waals surface area contributed by atoms with E-state index in [4.69, 9.17) is 0 Å². The van der Waals surface area contributed by atoms with Gasteiger partial charge in [0.1, 0.15) is 0 Å². The predicted molar refractivity (Wildman–Crippen MR) is 107 cm³/mol. The van der Waals surface area contributed by atoms with Crippen molar-refractivity contribution < 1.29 is 0 Å². The molecule has 0 unspecified atom stereocenters. The molecular formula is C21H24N4O2. The Hall–Kier alpha value is -3.15. The molecule has 0 bridgehead atoms. The summed E-state index contributed by atoms with van der Waals surface area (Å²) in [5.41, 5.74) is 0.968. The van der Waals surface area contributed by atoms with Gasteiger partial charge >= 0.3 is 11.4 Å². The van der Waals surface area contributed by atoms with Crippen LogP contribution in [0.2, 0.25) is 0 Å². The largest absolute Gasteiger partial charge is 0.355 e. The van der Waals surface area contributed by atoms with Crippen molar-refractivity contribution >= 4 is 5.95 Å². The quantitative estimate of drug-likeness (QED) is 0.624. The van der Waals surface area contributed by atoms with Crippen molar-refractivity contribution in [3.63, 3.8) is 0 Å². The third-order valence-electron chi connectivity index (χ3n) is 4.33. The zero-order valence-corrected chi connectivity index (χ0v) is 15.5. The summed E-state index contributed by atoms with van der Waals surface area (Å²) in [5, 5.41) is 3.15. The van der Waals surface area contributed by atoms with Gasteiger partial charge in [-0.05, 0) is 17.5 Å². The van der Waals surface area contributed by atoms with E-state index >= 15 is 0 Å². The fraction of sp³-hybridized carbons (Fsp3) is 0.286. The van der Waals surface area contributed by atoms with Gasteiger partial charge in [-0.15, -0.1) is 0 Å². The van der Waals surface area contributed by atoms with Gasteiger partial charge in [0.25, 0.3) is 0 Å². The molecule has 0 aliphatic carbocycles. The summed E-state index contributed by atoms with van der Waals surface area (Å²) in [6.45, 7) is 3.32. The van der Waals surface area contributed by atoms with E-state index in [1.165, 1.54) is 9.13 Å². The average molecular weight is 364 g/mol.